The lowest BCUT2D eigenvalue weighted by Gasteiger charge is -1.98. The highest BCUT2D eigenvalue weighted by molar-refractivity contribution is 7.14. The normalized spacial score (nSPS) is 10.2. The third kappa shape index (κ3) is 3.62. The van der Waals surface area contributed by atoms with Gasteiger partial charge < -0.3 is 9.26 Å². The Morgan fingerprint density at radius 1 is 1.53 bits per heavy atom. The lowest BCUT2D eigenvalue weighted by Crippen LogP contribution is -2.12. The monoisotopic (exact) mass is 281 g/mol. The summed E-state index contributed by atoms with van der Waals surface area (Å²) in [5.74, 6) is -0.757. The molecule has 2 heterocycles. The van der Waals surface area contributed by atoms with E-state index >= 15 is 0 Å². The number of ether oxygens (including phenoxy) is 1. The van der Waals surface area contributed by atoms with E-state index in [0.717, 1.165) is 0 Å². The van der Waals surface area contributed by atoms with E-state index in [9.17, 15) is 9.59 Å². The second-order valence-electron chi connectivity index (χ2n) is 3.46. The third-order valence-electron chi connectivity index (χ3n) is 2.07. The van der Waals surface area contributed by atoms with Crippen molar-refractivity contribution in [2.24, 2.45) is 0 Å². The Morgan fingerprint density at radius 2 is 2.37 bits per heavy atom. The molecule has 0 aliphatic carbocycles. The number of hydrogen-bond donors (Lipinski definition) is 1. The van der Waals surface area contributed by atoms with Crippen LogP contribution in [0, 0.1) is 0 Å². The number of esters is 1. The Hall–Kier alpha value is -2.22. The van der Waals surface area contributed by atoms with Crippen molar-refractivity contribution in [2.75, 3.05) is 11.9 Å². The van der Waals surface area contributed by atoms with Gasteiger partial charge in [-0.1, -0.05) is 5.16 Å². The van der Waals surface area contributed by atoms with Crippen molar-refractivity contribution in [2.45, 2.75) is 13.3 Å². The van der Waals surface area contributed by atoms with E-state index in [2.05, 4.69) is 20.0 Å². The summed E-state index contributed by atoms with van der Waals surface area (Å²) < 4.78 is 9.38. The standard InChI is InChI=1S/C11H11N3O4S/c1-2-17-9(15)5-7-6-19-11(12-7)13-10(16)8-3-4-18-14-8/h3-4,6H,2,5H2,1H3,(H,12,13,16). The first-order valence-corrected chi connectivity index (χ1v) is 6.38. The zero-order valence-electron chi connectivity index (χ0n) is 10.1. The Morgan fingerprint density at radius 3 is 3.05 bits per heavy atom. The second-order valence-corrected chi connectivity index (χ2v) is 4.32. The number of amides is 1. The summed E-state index contributed by atoms with van der Waals surface area (Å²) >= 11 is 1.23. The minimum Gasteiger partial charge on any atom is -0.466 e. The van der Waals surface area contributed by atoms with E-state index in [4.69, 9.17) is 4.74 Å². The molecule has 7 nitrogen and oxygen atoms in total. The molecule has 0 radical (unpaired) electrons. The number of nitrogens with one attached hydrogen (secondary N) is 1. The number of thiazole rings is 1. The third-order valence-corrected chi connectivity index (χ3v) is 2.88. The highest BCUT2D eigenvalue weighted by Gasteiger charge is 2.13. The van der Waals surface area contributed by atoms with E-state index in [-0.39, 0.29) is 18.1 Å². The molecule has 2 aromatic rings. The van der Waals surface area contributed by atoms with Gasteiger partial charge in [0, 0.05) is 11.4 Å². The van der Waals surface area contributed by atoms with Crippen LogP contribution in [0.5, 0.6) is 0 Å². The molecule has 0 aliphatic heterocycles. The maximum Gasteiger partial charge on any atom is 0.311 e. The predicted molar refractivity (Wildman–Crippen MR) is 66.9 cm³/mol. The SMILES string of the molecule is CCOC(=O)Cc1csc(NC(=O)c2ccon2)n1. The van der Waals surface area contributed by atoms with Crippen molar-refractivity contribution < 1.29 is 18.8 Å². The molecule has 0 aliphatic rings. The quantitative estimate of drug-likeness (QED) is 0.834. The van der Waals surface area contributed by atoms with Crippen molar-refractivity contribution in [3.05, 3.63) is 29.1 Å². The smallest absolute Gasteiger partial charge is 0.311 e. The van der Waals surface area contributed by atoms with Crippen molar-refractivity contribution in [3.8, 4) is 0 Å². The molecule has 0 aromatic carbocycles. The maximum atomic E-state index is 11.7. The van der Waals surface area contributed by atoms with Gasteiger partial charge in [0.2, 0.25) is 0 Å². The minimum absolute atomic E-state index is 0.0875. The largest absolute Gasteiger partial charge is 0.466 e. The van der Waals surface area contributed by atoms with Crippen molar-refractivity contribution in [1.82, 2.24) is 10.1 Å². The van der Waals surface area contributed by atoms with Gasteiger partial charge in [-0.3, -0.25) is 14.9 Å². The number of hydrogen-bond acceptors (Lipinski definition) is 7. The molecular weight excluding hydrogens is 270 g/mol. The minimum atomic E-state index is -0.411. The number of nitrogens with zero attached hydrogens (tertiary/aromatic N) is 2. The van der Waals surface area contributed by atoms with Crippen LogP contribution in [0.2, 0.25) is 0 Å². The Balaban J connectivity index is 1.94. The summed E-state index contributed by atoms with van der Waals surface area (Å²) in [4.78, 5) is 27.0. The van der Waals surface area contributed by atoms with Crippen molar-refractivity contribution in [3.63, 3.8) is 0 Å². The van der Waals surface area contributed by atoms with Crippen LogP contribution >= 0.6 is 11.3 Å². The lowest BCUT2D eigenvalue weighted by atomic mass is 10.3. The zero-order valence-corrected chi connectivity index (χ0v) is 10.9. The molecule has 2 aromatic heterocycles. The highest BCUT2D eigenvalue weighted by atomic mass is 32.1. The van der Waals surface area contributed by atoms with Crippen molar-refractivity contribution >= 4 is 28.3 Å². The van der Waals surface area contributed by atoms with Crippen LogP contribution in [0.1, 0.15) is 23.1 Å². The van der Waals surface area contributed by atoms with Crippen LogP contribution in [-0.4, -0.2) is 28.6 Å². The van der Waals surface area contributed by atoms with Gasteiger partial charge in [-0.25, -0.2) is 4.98 Å². The molecule has 0 spiro atoms. The van der Waals surface area contributed by atoms with Gasteiger partial charge in [-0.2, -0.15) is 0 Å². The number of carbonyl (C=O) groups is 2. The molecule has 19 heavy (non-hydrogen) atoms. The molecule has 100 valence electrons. The van der Waals surface area contributed by atoms with Gasteiger partial charge in [-0.15, -0.1) is 11.3 Å². The zero-order chi connectivity index (χ0) is 13.7. The second kappa shape index (κ2) is 6.10. The molecule has 2 rings (SSSR count). The topological polar surface area (TPSA) is 94.3 Å². The van der Waals surface area contributed by atoms with Gasteiger partial charge in [-0.05, 0) is 6.92 Å². The summed E-state index contributed by atoms with van der Waals surface area (Å²) in [6, 6.07) is 1.45. The van der Waals surface area contributed by atoms with E-state index < -0.39 is 5.91 Å². The molecule has 0 unspecified atom stereocenters. The molecule has 0 bridgehead atoms. The molecular formula is C11H11N3O4S. The first-order chi connectivity index (χ1) is 9.19. The van der Waals surface area contributed by atoms with Gasteiger partial charge in [0.05, 0.1) is 18.7 Å². The fourth-order valence-corrected chi connectivity index (χ4v) is 2.00. The van der Waals surface area contributed by atoms with Gasteiger partial charge >= 0.3 is 5.97 Å². The van der Waals surface area contributed by atoms with Crippen LogP contribution in [0.3, 0.4) is 0 Å². The summed E-state index contributed by atoms with van der Waals surface area (Å²) in [5, 5.41) is 8.16. The number of anilines is 1. The number of aromatic nitrogens is 2. The first kappa shape index (κ1) is 13.2. The van der Waals surface area contributed by atoms with Gasteiger partial charge in [0.15, 0.2) is 10.8 Å². The Bertz CT molecular complexity index is 564. The summed E-state index contributed by atoms with van der Waals surface area (Å²) in [6.07, 6.45) is 1.40. The van der Waals surface area contributed by atoms with Crippen LogP contribution in [-0.2, 0) is 16.0 Å². The molecule has 0 saturated carbocycles. The van der Waals surface area contributed by atoms with E-state index in [1.54, 1.807) is 12.3 Å². The predicted octanol–water partition coefficient (Wildman–Crippen LogP) is 1.49. The van der Waals surface area contributed by atoms with Crippen LogP contribution in [0.25, 0.3) is 0 Å². The maximum absolute atomic E-state index is 11.7. The van der Waals surface area contributed by atoms with E-state index in [1.165, 1.54) is 23.7 Å². The fraction of sp³-hybridized carbons (Fsp3) is 0.273. The summed E-state index contributed by atoms with van der Waals surface area (Å²) in [6.45, 7) is 2.07. The molecule has 0 saturated heterocycles. The highest BCUT2D eigenvalue weighted by Crippen LogP contribution is 2.16. The summed E-state index contributed by atoms with van der Waals surface area (Å²) in [5.41, 5.74) is 0.723. The molecule has 0 atom stereocenters. The molecule has 1 N–H and O–H groups in total. The first-order valence-electron chi connectivity index (χ1n) is 5.50. The van der Waals surface area contributed by atoms with Gasteiger partial charge in [0.25, 0.3) is 5.91 Å². The Kier molecular flexibility index (Phi) is 4.24. The number of rotatable bonds is 5. The van der Waals surface area contributed by atoms with E-state index in [1.807, 2.05) is 0 Å². The summed E-state index contributed by atoms with van der Waals surface area (Å²) in [7, 11) is 0. The van der Waals surface area contributed by atoms with Crippen molar-refractivity contribution in [1.29, 1.82) is 0 Å². The molecule has 1 amide bonds. The van der Waals surface area contributed by atoms with Crippen LogP contribution < -0.4 is 5.32 Å². The fourth-order valence-electron chi connectivity index (χ4n) is 1.30. The Labute approximate surface area is 112 Å². The molecule has 8 heteroatoms. The molecule has 0 fully saturated rings. The average molecular weight is 281 g/mol. The number of carbonyl (C=O) groups excluding carboxylic acids is 2. The van der Waals surface area contributed by atoms with Gasteiger partial charge in [0.1, 0.15) is 6.26 Å². The lowest BCUT2D eigenvalue weighted by molar-refractivity contribution is -0.142. The van der Waals surface area contributed by atoms with Crippen LogP contribution in [0.15, 0.2) is 22.2 Å². The average Bonchev–Trinajstić information content (AvgIpc) is 3.00. The van der Waals surface area contributed by atoms with E-state index in [0.29, 0.717) is 17.4 Å². The van der Waals surface area contributed by atoms with Crippen LogP contribution in [0.4, 0.5) is 5.13 Å².